The van der Waals surface area contributed by atoms with Crippen LogP contribution in [0.2, 0.25) is 0 Å². The summed E-state index contributed by atoms with van der Waals surface area (Å²) in [6.07, 6.45) is -0.112. The van der Waals surface area contributed by atoms with Crippen molar-refractivity contribution < 1.29 is 23.9 Å². The summed E-state index contributed by atoms with van der Waals surface area (Å²) in [5, 5.41) is 0. The minimum absolute atomic E-state index is 0.0157. The molecule has 1 aromatic carbocycles. The zero-order valence-electron chi connectivity index (χ0n) is 21.8. The number of halogens is 2. The van der Waals surface area contributed by atoms with Crippen molar-refractivity contribution in [3.63, 3.8) is 0 Å². The number of esters is 2. The van der Waals surface area contributed by atoms with Crippen LogP contribution in [0.3, 0.4) is 0 Å². The Morgan fingerprint density at radius 2 is 1.51 bits per heavy atom. The Labute approximate surface area is 219 Å². The maximum Gasteiger partial charge on any atom is 0.329 e. The lowest BCUT2D eigenvalue weighted by Gasteiger charge is -2.32. The first-order chi connectivity index (χ1) is 16.1. The number of rotatable bonds is 11. The van der Waals surface area contributed by atoms with E-state index in [0.717, 1.165) is 11.3 Å². The van der Waals surface area contributed by atoms with Crippen molar-refractivity contribution in [1.82, 2.24) is 0 Å². The quantitative estimate of drug-likeness (QED) is 0.318. The predicted molar refractivity (Wildman–Crippen MR) is 142 cm³/mol. The van der Waals surface area contributed by atoms with Crippen molar-refractivity contribution >= 4 is 52.5 Å². The number of hydrogen-bond acceptors (Lipinski definition) is 6. The molecule has 0 heterocycles. The normalized spacial score (nSPS) is 12.6. The molecule has 1 atom stereocenters. The van der Waals surface area contributed by atoms with Gasteiger partial charge < -0.3 is 20.1 Å². The van der Waals surface area contributed by atoms with Crippen molar-refractivity contribution in [2.24, 2.45) is 5.73 Å². The third-order valence-corrected chi connectivity index (χ3v) is 5.12. The molecule has 0 saturated carbocycles. The van der Waals surface area contributed by atoms with Crippen molar-refractivity contribution in [3.05, 3.63) is 23.8 Å². The molecule has 10 heteroatoms. The van der Waals surface area contributed by atoms with Gasteiger partial charge in [0.05, 0.1) is 0 Å². The molecule has 1 rings (SSSR count). The molecule has 0 radical (unpaired) electrons. The van der Waals surface area contributed by atoms with Crippen LogP contribution in [0.15, 0.2) is 18.2 Å². The molecule has 0 fully saturated rings. The molecule has 8 nitrogen and oxygen atoms in total. The number of urea groups is 1. The fraction of sp³-hybridized carbons (Fsp3) is 0.640. The standard InChI is InChI=1S/C25H39Cl2N3O5/c1-17-16-18(8-9-19(17)29(14-12-26)15-13-27)30(23(28)33)20(22(32)35-25(5,6)7)10-11-21(31)34-24(2,3)4/h8-9,16,20H,10-15H2,1-7H3,(H2,28,33)/t20-/m0/s1. The van der Waals surface area contributed by atoms with Gasteiger partial charge in [-0.05, 0) is 78.6 Å². The van der Waals surface area contributed by atoms with Gasteiger partial charge in [0, 0.05) is 42.6 Å². The number of ether oxygens (including phenoxy) is 2. The van der Waals surface area contributed by atoms with Gasteiger partial charge in [-0.15, -0.1) is 23.2 Å². The Bertz CT molecular complexity index is 875. The van der Waals surface area contributed by atoms with Crippen LogP contribution in [0, 0.1) is 6.92 Å². The first-order valence-electron chi connectivity index (χ1n) is 11.6. The van der Waals surface area contributed by atoms with E-state index in [1.807, 2.05) is 17.9 Å². The summed E-state index contributed by atoms with van der Waals surface area (Å²) in [7, 11) is 0. The molecule has 0 aromatic heterocycles. The van der Waals surface area contributed by atoms with E-state index in [1.165, 1.54) is 4.90 Å². The molecule has 2 amide bonds. The van der Waals surface area contributed by atoms with Crippen LogP contribution in [-0.2, 0) is 19.1 Å². The number of carbonyl (C=O) groups excluding carboxylic acids is 3. The number of anilines is 2. The highest BCUT2D eigenvalue weighted by Crippen LogP contribution is 2.29. The molecule has 1 aromatic rings. The zero-order valence-corrected chi connectivity index (χ0v) is 23.3. The fourth-order valence-electron chi connectivity index (χ4n) is 3.53. The van der Waals surface area contributed by atoms with E-state index >= 15 is 0 Å². The van der Waals surface area contributed by atoms with Gasteiger partial charge >= 0.3 is 18.0 Å². The largest absolute Gasteiger partial charge is 0.460 e. The smallest absolute Gasteiger partial charge is 0.329 e. The zero-order chi connectivity index (χ0) is 27.0. The monoisotopic (exact) mass is 531 g/mol. The van der Waals surface area contributed by atoms with Crippen LogP contribution >= 0.6 is 23.2 Å². The van der Waals surface area contributed by atoms with Crippen LogP contribution in [0.1, 0.15) is 59.9 Å². The number of aryl methyl sites for hydroxylation is 1. The molecule has 0 aliphatic carbocycles. The molecule has 198 valence electrons. The van der Waals surface area contributed by atoms with Gasteiger partial charge in [-0.25, -0.2) is 9.59 Å². The maximum atomic E-state index is 13.1. The third-order valence-electron chi connectivity index (χ3n) is 4.78. The second-order valence-corrected chi connectivity index (χ2v) is 11.0. The lowest BCUT2D eigenvalue weighted by atomic mass is 10.1. The lowest BCUT2D eigenvalue weighted by Crippen LogP contribution is -2.50. The third kappa shape index (κ3) is 10.5. The first kappa shape index (κ1) is 30.8. The molecular formula is C25H39Cl2N3O5. The number of carbonyl (C=O) groups is 3. The van der Waals surface area contributed by atoms with Crippen molar-refractivity contribution in [1.29, 1.82) is 0 Å². The predicted octanol–water partition coefficient (Wildman–Crippen LogP) is 5.00. The Kier molecular flexibility index (Phi) is 11.6. The second kappa shape index (κ2) is 13.2. The second-order valence-electron chi connectivity index (χ2n) is 10.2. The maximum absolute atomic E-state index is 13.1. The molecular weight excluding hydrogens is 493 g/mol. The minimum atomic E-state index is -1.12. The Hall–Kier alpha value is -2.19. The molecule has 0 spiro atoms. The van der Waals surface area contributed by atoms with Crippen LogP contribution < -0.4 is 15.5 Å². The van der Waals surface area contributed by atoms with Crippen molar-refractivity contribution in [2.75, 3.05) is 34.6 Å². The number of hydrogen-bond donors (Lipinski definition) is 1. The average molecular weight is 533 g/mol. The number of nitrogens with zero attached hydrogens (tertiary/aromatic N) is 2. The lowest BCUT2D eigenvalue weighted by molar-refractivity contribution is -0.157. The van der Waals surface area contributed by atoms with E-state index in [1.54, 1.807) is 53.7 Å². The SMILES string of the molecule is Cc1cc(N(C(N)=O)[C@@H](CCC(=O)OC(C)(C)C)C(=O)OC(C)(C)C)ccc1N(CCCl)CCCl. The van der Waals surface area contributed by atoms with Crippen LogP contribution in [-0.4, -0.2) is 60.1 Å². The Morgan fingerprint density at radius 3 is 1.94 bits per heavy atom. The summed E-state index contributed by atoms with van der Waals surface area (Å²) >= 11 is 11.9. The Morgan fingerprint density at radius 1 is 0.971 bits per heavy atom. The highest BCUT2D eigenvalue weighted by atomic mass is 35.5. The average Bonchev–Trinajstić information content (AvgIpc) is 2.68. The van der Waals surface area contributed by atoms with Gasteiger partial charge in [0.25, 0.3) is 0 Å². The van der Waals surface area contributed by atoms with Crippen molar-refractivity contribution in [2.45, 2.75) is 78.6 Å². The van der Waals surface area contributed by atoms with Crippen molar-refractivity contribution in [3.8, 4) is 0 Å². The Balaban J connectivity index is 3.37. The molecule has 0 aliphatic heterocycles. The first-order valence-corrected chi connectivity index (χ1v) is 12.7. The topological polar surface area (TPSA) is 102 Å². The fourth-order valence-corrected chi connectivity index (χ4v) is 3.94. The van der Waals surface area contributed by atoms with Crippen LogP contribution in [0.4, 0.5) is 16.2 Å². The number of benzene rings is 1. The van der Waals surface area contributed by atoms with Gasteiger partial charge in [0.1, 0.15) is 17.2 Å². The molecule has 0 aliphatic rings. The van der Waals surface area contributed by atoms with E-state index in [0.29, 0.717) is 30.5 Å². The van der Waals surface area contributed by atoms with Gasteiger partial charge in [-0.1, -0.05) is 0 Å². The molecule has 0 saturated heterocycles. The van der Waals surface area contributed by atoms with Crippen LogP contribution in [0.5, 0.6) is 0 Å². The van der Waals surface area contributed by atoms with E-state index in [9.17, 15) is 14.4 Å². The van der Waals surface area contributed by atoms with E-state index < -0.39 is 35.2 Å². The van der Waals surface area contributed by atoms with Gasteiger partial charge in [0.2, 0.25) is 0 Å². The summed E-state index contributed by atoms with van der Waals surface area (Å²) in [6, 6.07) is 3.34. The minimum Gasteiger partial charge on any atom is -0.460 e. The van der Waals surface area contributed by atoms with E-state index in [4.69, 9.17) is 38.4 Å². The summed E-state index contributed by atoms with van der Waals surface area (Å²) in [5.41, 5.74) is 6.43. The molecule has 0 bridgehead atoms. The highest BCUT2D eigenvalue weighted by Gasteiger charge is 2.35. The van der Waals surface area contributed by atoms with Gasteiger partial charge in [-0.2, -0.15) is 0 Å². The van der Waals surface area contributed by atoms with Gasteiger partial charge in [-0.3, -0.25) is 9.69 Å². The van der Waals surface area contributed by atoms with Gasteiger partial charge in [0.15, 0.2) is 0 Å². The summed E-state index contributed by atoms with van der Waals surface area (Å²) in [6.45, 7) is 13.5. The summed E-state index contributed by atoms with van der Waals surface area (Å²) in [5.74, 6) is -0.291. The van der Waals surface area contributed by atoms with E-state index in [2.05, 4.69) is 0 Å². The summed E-state index contributed by atoms with van der Waals surface area (Å²) in [4.78, 5) is 41.3. The number of primary amides is 1. The molecule has 2 N–H and O–H groups in total. The van der Waals surface area contributed by atoms with E-state index in [-0.39, 0.29) is 12.8 Å². The highest BCUT2D eigenvalue weighted by molar-refractivity contribution is 6.18. The number of alkyl halides is 2. The van der Waals surface area contributed by atoms with Crippen LogP contribution in [0.25, 0.3) is 0 Å². The molecule has 0 unspecified atom stereocenters. The summed E-state index contributed by atoms with van der Waals surface area (Å²) < 4.78 is 10.9. The number of amides is 2. The molecule has 35 heavy (non-hydrogen) atoms. The number of nitrogens with two attached hydrogens (primary N) is 1.